The Morgan fingerprint density at radius 3 is 3.04 bits per heavy atom. The van der Waals surface area contributed by atoms with Gasteiger partial charge in [0.25, 0.3) is 0 Å². The predicted molar refractivity (Wildman–Crippen MR) is 82.2 cm³/mol. The number of ether oxygens (including phenoxy) is 1. The Hall–Kier alpha value is -1.46. The number of amides is 1. The van der Waals surface area contributed by atoms with Crippen molar-refractivity contribution in [2.45, 2.75) is 37.4 Å². The average Bonchev–Trinajstić information content (AvgIpc) is 3.21. The van der Waals surface area contributed by atoms with Crippen LogP contribution in [0.1, 0.15) is 24.8 Å². The minimum Gasteiger partial charge on any atom is -0.396 e. The summed E-state index contributed by atoms with van der Waals surface area (Å²) in [6.07, 6.45) is 2.87. The Labute approximate surface area is 135 Å². The van der Waals surface area contributed by atoms with Gasteiger partial charge in [-0.2, -0.15) is 0 Å². The van der Waals surface area contributed by atoms with Crippen molar-refractivity contribution >= 4 is 5.91 Å². The summed E-state index contributed by atoms with van der Waals surface area (Å²) >= 11 is 0. The van der Waals surface area contributed by atoms with E-state index >= 15 is 0 Å². The molecule has 1 aromatic rings. The summed E-state index contributed by atoms with van der Waals surface area (Å²) in [7, 11) is 0. The molecule has 0 saturated carbocycles. The van der Waals surface area contributed by atoms with Crippen molar-refractivity contribution in [2.75, 3.05) is 19.7 Å². The van der Waals surface area contributed by atoms with Gasteiger partial charge in [-0.15, -0.1) is 0 Å². The van der Waals surface area contributed by atoms with E-state index in [0.717, 1.165) is 12.8 Å². The molecule has 4 atom stereocenters. The molecular formula is C18H22FNO3. The van der Waals surface area contributed by atoms with Gasteiger partial charge in [-0.05, 0) is 30.9 Å². The quantitative estimate of drug-likeness (QED) is 0.920. The van der Waals surface area contributed by atoms with Crippen LogP contribution >= 0.6 is 0 Å². The number of halogens is 1. The Morgan fingerprint density at radius 1 is 1.43 bits per heavy atom. The molecule has 1 aromatic carbocycles. The molecule has 4 rings (SSSR count). The van der Waals surface area contributed by atoms with Crippen molar-refractivity contribution in [3.8, 4) is 0 Å². The first-order valence-corrected chi connectivity index (χ1v) is 8.43. The van der Waals surface area contributed by atoms with E-state index in [4.69, 9.17) is 4.74 Å². The maximum Gasteiger partial charge on any atom is 0.223 e. The molecule has 3 fully saturated rings. The van der Waals surface area contributed by atoms with Gasteiger partial charge in [0.2, 0.25) is 5.91 Å². The third kappa shape index (κ3) is 2.37. The van der Waals surface area contributed by atoms with E-state index in [1.807, 2.05) is 4.90 Å². The van der Waals surface area contributed by atoms with E-state index in [2.05, 4.69) is 0 Å². The van der Waals surface area contributed by atoms with E-state index in [1.54, 1.807) is 18.2 Å². The number of carbonyl (C=O) groups excluding carboxylic acids is 1. The van der Waals surface area contributed by atoms with Gasteiger partial charge in [0, 0.05) is 31.4 Å². The van der Waals surface area contributed by atoms with Gasteiger partial charge < -0.3 is 14.7 Å². The molecule has 1 N–H and O–H groups in total. The van der Waals surface area contributed by atoms with Crippen LogP contribution in [0.3, 0.4) is 0 Å². The molecule has 124 valence electrons. The van der Waals surface area contributed by atoms with Crippen LogP contribution in [-0.4, -0.2) is 47.3 Å². The highest BCUT2D eigenvalue weighted by molar-refractivity contribution is 5.77. The maximum absolute atomic E-state index is 13.7. The Morgan fingerprint density at radius 2 is 2.26 bits per heavy atom. The summed E-state index contributed by atoms with van der Waals surface area (Å²) in [5.41, 5.74) is 0.356. The molecule has 3 saturated heterocycles. The second kappa shape index (κ2) is 5.56. The molecule has 3 heterocycles. The van der Waals surface area contributed by atoms with E-state index in [0.29, 0.717) is 31.5 Å². The molecule has 2 bridgehead atoms. The molecule has 4 nitrogen and oxygen atoms in total. The monoisotopic (exact) mass is 319 g/mol. The first kappa shape index (κ1) is 15.1. The lowest BCUT2D eigenvalue weighted by atomic mass is 9.74. The number of hydrogen-bond acceptors (Lipinski definition) is 3. The van der Waals surface area contributed by atoms with E-state index in [9.17, 15) is 14.3 Å². The van der Waals surface area contributed by atoms with Gasteiger partial charge in [-0.1, -0.05) is 18.2 Å². The van der Waals surface area contributed by atoms with Gasteiger partial charge in [-0.25, -0.2) is 4.39 Å². The summed E-state index contributed by atoms with van der Waals surface area (Å²) in [5, 5.41) is 9.61. The summed E-state index contributed by atoms with van der Waals surface area (Å²) in [5.74, 6) is 0.219. The molecule has 0 radical (unpaired) electrons. The van der Waals surface area contributed by atoms with Crippen LogP contribution in [0.15, 0.2) is 24.3 Å². The van der Waals surface area contributed by atoms with Crippen molar-refractivity contribution < 1.29 is 19.0 Å². The fraction of sp³-hybridized carbons (Fsp3) is 0.611. The average molecular weight is 319 g/mol. The lowest BCUT2D eigenvalue weighted by Gasteiger charge is -2.27. The van der Waals surface area contributed by atoms with Gasteiger partial charge in [-0.3, -0.25) is 4.79 Å². The molecular weight excluding hydrogens is 297 g/mol. The smallest absolute Gasteiger partial charge is 0.223 e. The van der Waals surface area contributed by atoms with Crippen LogP contribution in [-0.2, 0) is 16.0 Å². The highest BCUT2D eigenvalue weighted by Gasteiger charge is 2.63. The number of hydrogen-bond donors (Lipinski definition) is 1. The van der Waals surface area contributed by atoms with Crippen LogP contribution in [0.2, 0.25) is 0 Å². The number of rotatable bonds is 4. The minimum absolute atomic E-state index is 0.0563. The third-order valence-corrected chi connectivity index (χ3v) is 5.91. The summed E-state index contributed by atoms with van der Waals surface area (Å²) < 4.78 is 19.8. The lowest BCUT2D eigenvalue weighted by molar-refractivity contribution is -0.131. The van der Waals surface area contributed by atoms with Crippen LogP contribution in [0.25, 0.3) is 0 Å². The van der Waals surface area contributed by atoms with Gasteiger partial charge in [0.05, 0.1) is 18.2 Å². The minimum atomic E-state index is -0.250. The molecule has 5 heteroatoms. The summed E-state index contributed by atoms with van der Waals surface area (Å²) in [6, 6.07) is 6.61. The second-order valence-corrected chi connectivity index (χ2v) is 7.08. The molecule has 23 heavy (non-hydrogen) atoms. The van der Waals surface area contributed by atoms with E-state index in [-0.39, 0.29) is 41.9 Å². The lowest BCUT2D eigenvalue weighted by Crippen LogP contribution is -2.38. The standard InChI is InChI=1S/C18H22FNO3/c19-15-4-2-1-3-12(15)5-6-17(22)20-9-14-13(10-21)16-7-8-18(14,11-20)23-16/h1-4,13-14,16,21H,5-11H2/t13-,14+,16+,18+/m0/s1. The first-order chi connectivity index (χ1) is 11.1. The SMILES string of the molecule is O=C(CCc1ccccc1F)N1C[C@@H]2[C@H](CO)[C@H]3CC[C@]2(C1)O3. The number of fused-ring (bicyclic) bond motifs is 1. The number of aliphatic hydroxyl groups is 1. The van der Waals surface area contributed by atoms with Crippen molar-refractivity contribution in [3.05, 3.63) is 35.6 Å². The summed E-state index contributed by atoms with van der Waals surface area (Å²) in [6.45, 7) is 1.42. The van der Waals surface area contributed by atoms with Crippen LogP contribution in [0.4, 0.5) is 4.39 Å². The number of aliphatic hydroxyl groups excluding tert-OH is 1. The zero-order chi connectivity index (χ0) is 16.0. The zero-order valence-corrected chi connectivity index (χ0v) is 13.1. The number of benzene rings is 1. The predicted octanol–water partition coefficient (Wildman–Crippen LogP) is 1.76. The zero-order valence-electron chi connectivity index (χ0n) is 13.1. The molecule has 1 amide bonds. The topological polar surface area (TPSA) is 49.8 Å². The van der Waals surface area contributed by atoms with Crippen LogP contribution in [0, 0.1) is 17.7 Å². The van der Waals surface area contributed by atoms with Crippen LogP contribution in [0.5, 0.6) is 0 Å². The molecule has 0 aromatic heterocycles. The van der Waals surface area contributed by atoms with E-state index in [1.165, 1.54) is 6.07 Å². The van der Waals surface area contributed by atoms with Crippen molar-refractivity contribution in [2.24, 2.45) is 11.8 Å². The highest BCUT2D eigenvalue weighted by Crippen LogP contribution is 2.54. The fourth-order valence-corrected chi connectivity index (χ4v) is 4.73. The number of aryl methyl sites for hydroxylation is 1. The second-order valence-electron chi connectivity index (χ2n) is 7.08. The van der Waals surface area contributed by atoms with Gasteiger partial charge in [0.15, 0.2) is 0 Å². The molecule has 0 aliphatic carbocycles. The first-order valence-electron chi connectivity index (χ1n) is 8.43. The molecule has 0 unspecified atom stereocenters. The normalized spacial score (nSPS) is 34.9. The number of carbonyl (C=O) groups is 1. The van der Waals surface area contributed by atoms with Crippen molar-refractivity contribution in [1.29, 1.82) is 0 Å². The number of likely N-dealkylation sites (tertiary alicyclic amines) is 1. The van der Waals surface area contributed by atoms with Gasteiger partial charge >= 0.3 is 0 Å². The molecule has 3 aliphatic rings. The highest BCUT2D eigenvalue weighted by atomic mass is 19.1. The van der Waals surface area contributed by atoms with E-state index < -0.39 is 0 Å². The van der Waals surface area contributed by atoms with Crippen molar-refractivity contribution in [3.63, 3.8) is 0 Å². The molecule has 1 spiro atoms. The summed E-state index contributed by atoms with van der Waals surface area (Å²) in [4.78, 5) is 14.4. The Kier molecular flexibility index (Phi) is 3.65. The molecule has 3 aliphatic heterocycles. The van der Waals surface area contributed by atoms with Crippen LogP contribution < -0.4 is 0 Å². The maximum atomic E-state index is 13.7. The third-order valence-electron chi connectivity index (χ3n) is 5.91. The Balaban J connectivity index is 1.40. The Bertz CT molecular complexity index is 622. The largest absolute Gasteiger partial charge is 0.396 e. The fourth-order valence-electron chi connectivity index (χ4n) is 4.73. The van der Waals surface area contributed by atoms with Gasteiger partial charge in [0.1, 0.15) is 5.82 Å². The number of nitrogens with zero attached hydrogens (tertiary/aromatic N) is 1. The van der Waals surface area contributed by atoms with Crippen molar-refractivity contribution in [1.82, 2.24) is 4.90 Å².